The van der Waals surface area contributed by atoms with Crippen LogP contribution in [-0.4, -0.2) is 53.7 Å². The van der Waals surface area contributed by atoms with E-state index < -0.39 is 23.5 Å². The largest absolute Gasteiger partial charge is 0.481 e. The summed E-state index contributed by atoms with van der Waals surface area (Å²) in [5.74, 6) is -1.26. The number of carboxylic acids is 1. The number of carbonyl (C=O) groups is 3. The van der Waals surface area contributed by atoms with Gasteiger partial charge in [0, 0.05) is 19.0 Å². The lowest BCUT2D eigenvalue weighted by Gasteiger charge is -2.47. The van der Waals surface area contributed by atoms with Crippen LogP contribution in [0.5, 0.6) is 0 Å². The number of benzene rings is 2. The van der Waals surface area contributed by atoms with Crippen LogP contribution in [0, 0.1) is 5.41 Å². The Hall–Kier alpha value is -3.61. The maximum absolute atomic E-state index is 13.1. The van der Waals surface area contributed by atoms with Crippen molar-refractivity contribution in [2.24, 2.45) is 5.41 Å². The number of likely N-dealkylation sites (tertiary alicyclic amines) is 1. The monoisotopic (exact) mass is 476 g/mol. The van der Waals surface area contributed by atoms with Crippen molar-refractivity contribution >= 4 is 18.0 Å². The Morgan fingerprint density at radius 3 is 2.17 bits per heavy atom. The molecule has 184 valence electrons. The van der Waals surface area contributed by atoms with Gasteiger partial charge in [0.2, 0.25) is 5.91 Å². The minimum Gasteiger partial charge on any atom is -0.481 e. The lowest BCUT2D eigenvalue weighted by molar-refractivity contribution is -0.167. The average Bonchev–Trinajstić information content (AvgIpc) is 3.13. The van der Waals surface area contributed by atoms with Crippen LogP contribution >= 0.6 is 0 Å². The second-order valence-electron chi connectivity index (χ2n) is 9.67. The summed E-state index contributed by atoms with van der Waals surface area (Å²) in [5.41, 5.74) is 4.64. The highest BCUT2D eigenvalue weighted by Gasteiger charge is 2.50. The molecule has 0 spiro atoms. The molecular formula is C28H32N2O5. The molecule has 1 saturated heterocycles. The van der Waals surface area contributed by atoms with Crippen LogP contribution in [0.15, 0.2) is 60.2 Å². The molecule has 0 radical (unpaired) electrons. The smallest absolute Gasteiger partial charge is 0.407 e. The van der Waals surface area contributed by atoms with Crippen molar-refractivity contribution in [2.75, 3.05) is 19.7 Å². The molecule has 2 aromatic carbocycles. The first-order chi connectivity index (χ1) is 16.8. The lowest BCUT2D eigenvalue weighted by atomic mass is 9.77. The van der Waals surface area contributed by atoms with Gasteiger partial charge in [-0.15, -0.1) is 0 Å². The van der Waals surface area contributed by atoms with Crippen molar-refractivity contribution in [2.45, 2.75) is 45.6 Å². The summed E-state index contributed by atoms with van der Waals surface area (Å²) in [4.78, 5) is 39.0. The van der Waals surface area contributed by atoms with Crippen molar-refractivity contribution in [1.29, 1.82) is 0 Å². The van der Waals surface area contributed by atoms with Gasteiger partial charge in [0.15, 0.2) is 0 Å². The van der Waals surface area contributed by atoms with Crippen LogP contribution in [0.2, 0.25) is 0 Å². The zero-order valence-electron chi connectivity index (χ0n) is 20.4. The number of hydrogen-bond acceptors (Lipinski definition) is 4. The molecular weight excluding hydrogens is 444 g/mol. The standard InChI is InChI=1S/C28H32N2O5/c1-4-28(26(32)33)16-30(17-28)25(31)24(14-13-18(2)3)29-27(34)35-15-23-21-11-7-5-9-19(21)20-10-6-8-12-22(20)23/h5-13,23-24H,4,14-17H2,1-3H3,(H,29,34)(H,32,33). The summed E-state index contributed by atoms with van der Waals surface area (Å²) in [5, 5.41) is 12.2. The molecule has 35 heavy (non-hydrogen) atoms. The minimum absolute atomic E-state index is 0.0730. The molecule has 1 aliphatic carbocycles. The average molecular weight is 477 g/mol. The van der Waals surface area contributed by atoms with Crippen LogP contribution in [0.4, 0.5) is 4.79 Å². The Morgan fingerprint density at radius 2 is 1.66 bits per heavy atom. The summed E-state index contributed by atoms with van der Waals surface area (Å²) in [6.07, 6.45) is 1.99. The topological polar surface area (TPSA) is 95.9 Å². The van der Waals surface area contributed by atoms with E-state index >= 15 is 0 Å². The van der Waals surface area contributed by atoms with Gasteiger partial charge < -0.3 is 20.1 Å². The number of nitrogens with zero attached hydrogens (tertiary/aromatic N) is 1. The summed E-state index contributed by atoms with van der Waals surface area (Å²) >= 11 is 0. The van der Waals surface area contributed by atoms with Crippen LogP contribution in [-0.2, 0) is 14.3 Å². The van der Waals surface area contributed by atoms with E-state index in [9.17, 15) is 19.5 Å². The maximum atomic E-state index is 13.1. The van der Waals surface area contributed by atoms with E-state index in [1.54, 1.807) is 0 Å². The molecule has 2 N–H and O–H groups in total. The molecule has 1 atom stereocenters. The molecule has 2 aromatic rings. The molecule has 0 bridgehead atoms. The van der Waals surface area contributed by atoms with Gasteiger partial charge in [0.1, 0.15) is 18.1 Å². The van der Waals surface area contributed by atoms with E-state index in [1.807, 2.05) is 51.1 Å². The number of nitrogens with one attached hydrogen (secondary N) is 1. The molecule has 7 heteroatoms. The molecule has 1 heterocycles. The van der Waals surface area contributed by atoms with Crippen molar-refractivity contribution in [3.8, 4) is 11.1 Å². The Balaban J connectivity index is 1.42. The number of hydrogen-bond donors (Lipinski definition) is 2. The number of ether oxygens (including phenoxy) is 1. The van der Waals surface area contributed by atoms with Crippen LogP contribution in [0.3, 0.4) is 0 Å². The van der Waals surface area contributed by atoms with Crippen LogP contribution in [0.25, 0.3) is 11.1 Å². The highest BCUT2D eigenvalue weighted by Crippen LogP contribution is 2.44. The number of allylic oxidation sites excluding steroid dienone is 1. The van der Waals surface area contributed by atoms with E-state index in [0.29, 0.717) is 12.8 Å². The fraction of sp³-hybridized carbons (Fsp3) is 0.393. The molecule has 0 saturated carbocycles. The van der Waals surface area contributed by atoms with Crippen molar-refractivity contribution < 1.29 is 24.2 Å². The molecule has 4 rings (SSSR count). The van der Waals surface area contributed by atoms with Gasteiger partial charge >= 0.3 is 12.1 Å². The third kappa shape index (κ3) is 4.81. The van der Waals surface area contributed by atoms with Gasteiger partial charge in [-0.3, -0.25) is 9.59 Å². The van der Waals surface area contributed by atoms with E-state index in [0.717, 1.165) is 27.8 Å². The first-order valence-corrected chi connectivity index (χ1v) is 12.0. The fourth-order valence-electron chi connectivity index (χ4n) is 4.93. The number of aliphatic carboxylic acids is 1. The van der Waals surface area contributed by atoms with Crippen molar-refractivity contribution in [1.82, 2.24) is 10.2 Å². The van der Waals surface area contributed by atoms with Gasteiger partial charge in [-0.2, -0.15) is 0 Å². The summed E-state index contributed by atoms with van der Waals surface area (Å²) in [7, 11) is 0. The number of fused-ring (bicyclic) bond motifs is 3. The SMILES string of the molecule is CCC1(C(=O)O)CN(C(=O)C(CC=C(C)C)NC(=O)OCC2c3ccccc3-c3ccccc32)C1. The molecule has 2 amide bonds. The molecule has 1 unspecified atom stereocenters. The highest BCUT2D eigenvalue weighted by atomic mass is 16.5. The van der Waals surface area contributed by atoms with E-state index in [4.69, 9.17) is 4.74 Å². The molecule has 2 aliphatic rings. The lowest BCUT2D eigenvalue weighted by Crippen LogP contribution is -2.65. The van der Waals surface area contributed by atoms with E-state index in [1.165, 1.54) is 4.90 Å². The van der Waals surface area contributed by atoms with Gasteiger partial charge in [0.25, 0.3) is 0 Å². The first kappa shape index (κ1) is 24.5. The molecule has 0 aromatic heterocycles. The summed E-state index contributed by atoms with van der Waals surface area (Å²) in [6, 6.07) is 15.4. The predicted octanol–water partition coefficient (Wildman–Crippen LogP) is 4.57. The molecule has 1 fully saturated rings. The zero-order chi connectivity index (χ0) is 25.2. The van der Waals surface area contributed by atoms with Crippen molar-refractivity contribution in [3.63, 3.8) is 0 Å². The van der Waals surface area contributed by atoms with Gasteiger partial charge in [-0.25, -0.2) is 4.79 Å². The fourth-order valence-corrected chi connectivity index (χ4v) is 4.93. The Morgan fingerprint density at radius 1 is 1.09 bits per heavy atom. The van der Waals surface area contributed by atoms with Crippen LogP contribution in [0.1, 0.15) is 50.7 Å². The van der Waals surface area contributed by atoms with Gasteiger partial charge in [-0.05, 0) is 48.9 Å². The Kier molecular flexibility index (Phi) is 6.96. The number of carboxylic acid groups (broad SMARTS) is 1. The highest BCUT2D eigenvalue weighted by molar-refractivity contribution is 5.89. The second kappa shape index (κ2) is 9.94. The number of carbonyl (C=O) groups excluding carboxylic acids is 2. The molecule has 7 nitrogen and oxygen atoms in total. The number of alkyl carbamates (subject to hydrolysis) is 1. The third-order valence-electron chi connectivity index (χ3n) is 7.12. The summed E-state index contributed by atoms with van der Waals surface area (Å²) < 4.78 is 5.62. The first-order valence-electron chi connectivity index (χ1n) is 12.0. The zero-order valence-corrected chi connectivity index (χ0v) is 20.4. The summed E-state index contributed by atoms with van der Waals surface area (Å²) in [6.45, 7) is 6.11. The Bertz CT molecular complexity index is 1120. The minimum atomic E-state index is -0.902. The Labute approximate surface area is 205 Å². The van der Waals surface area contributed by atoms with Crippen LogP contribution < -0.4 is 5.32 Å². The van der Waals surface area contributed by atoms with E-state index in [2.05, 4.69) is 29.6 Å². The molecule has 1 aliphatic heterocycles. The van der Waals surface area contributed by atoms with Crippen molar-refractivity contribution in [3.05, 3.63) is 71.3 Å². The van der Waals surface area contributed by atoms with Gasteiger partial charge in [-0.1, -0.05) is 67.1 Å². The normalized spacial score (nSPS) is 16.4. The third-order valence-corrected chi connectivity index (χ3v) is 7.12. The number of amides is 2. The quantitative estimate of drug-likeness (QED) is 0.544. The predicted molar refractivity (Wildman–Crippen MR) is 133 cm³/mol. The maximum Gasteiger partial charge on any atom is 0.407 e. The van der Waals surface area contributed by atoms with Gasteiger partial charge in [0.05, 0.1) is 0 Å². The number of rotatable bonds is 8. The van der Waals surface area contributed by atoms with E-state index in [-0.39, 0.29) is 31.5 Å². The second-order valence-corrected chi connectivity index (χ2v) is 9.67.